The van der Waals surface area contributed by atoms with Crippen LogP contribution in [0.5, 0.6) is 0 Å². The third kappa shape index (κ3) is 6.54. The topological polar surface area (TPSA) is 67.4 Å². The second-order valence-electron chi connectivity index (χ2n) is 3.45. The molecule has 0 unspecified atom stereocenters. The Morgan fingerprint density at radius 3 is 2.47 bits per heavy atom. The van der Waals surface area contributed by atoms with Gasteiger partial charge >= 0.3 is 12.0 Å². The Bertz CT molecular complexity index is 259. The van der Waals surface area contributed by atoms with Crippen LogP contribution >= 0.6 is 0 Å². The molecule has 0 atom stereocenters. The fourth-order valence-corrected chi connectivity index (χ4v) is 0.622. The monoisotopic (exact) mass is 214 g/mol. The van der Waals surface area contributed by atoms with Crippen LogP contribution in [0.15, 0.2) is 11.8 Å². The number of hydrogen-bond acceptors (Lipinski definition) is 3. The summed E-state index contributed by atoms with van der Waals surface area (Å²) in [6, 6.07) is -0.416. The summed E-state index contributed by atoms with van der Waals surface area (Å²) in [4.78, 5) is 21.8. The molecule has 2 amide bonds. The van der Waals surface area contributed by atoms with Gasteiger partial charge in [0.05, 0.1) is 7.11 Å². The van der Waals surface area contributed by atoms with Crippen molar-refractivity contribution in [2.24, 2.45) is 5.92 Å². The van der Waals surface area contributed by atoms with E-state index in [1.165, 1.54) is 7.11 Å². The molecule has 0 aromatic rings. The zero-order valence-electron chi connectivity index (χ0n) is 9.59. The first-order chi connectivity index (χ1) is 6.97. The van der Waals surface area contributed by atoms with Crippen LogP contribution in [-0.2, 0) is 9.53 Å². The van der Waals surface area contributed by atoms with Crippen molar-refractivity contribution in [1.29, 1.82) is 0 Å². The number of rotatable bonds is 4. The maximum absolute atomic E-state index is 11.1. The zero-order chi connectivity index (χ0) is 11.8. The van der Waals surface area contributed by atoms with Gasteiger partial charge in [0.1, 0.15) is 6.54 Å². The Morgan fingerprint density at radius 2 is 2.00 bits per heavy atom. The van der Waals surface area contributed by atoms with E-state index in [1.807, 2.05) is 20.8 Å². The molecule has 0 bridgehead atoms. The van der Waals surface area contributed by atoms with Gasteiger partial charge in [-0.25, -0.2) is 4.79 Å². The number of nitrogens with one attached hydrogen (secondary N) is 2. The zero-order valence-corrected chi connectivity index (χ0v) is 9.59. The molecule has 0 radical (unpaired) electrons. The van der Waals surface area contributed by atoms with Crippen LogP contribution in [0.2, 0.25) is 0 Å². The molecule has 0 fully saturated rings. The summed E-state index contributed by atoms with van der Waals surface area (Å²) < 4.78 is 4.37. The number of ether oxygens (including phenoxy) is 1. The smallest absolute Gasteiger partial charge is 0.325 e. The van der Waals surface area contributed by atoms with Crippen molar-refractivity contribution in [2.75, 3.05) is 13.7 Å². The van der Waals surface area contributed by atoms with Gasteiger partial charge in [-0.05, 0) is 12.8 Å². The minimum atomic E-state index is -0.477. The molecule has 0 aromatic heterocycles. The average Bonchev–Trinajstić information content (AvgIpc) is 2.21. The van der Waals surface area contributed by atoms with Gasteiger partial charge in [0.2, 0.25) is 0 Å². The lowest BCUT2D eigenvalue weighted by Crippen LogP contribution is -2.36. The highest BCUT2D eigenvalue weighted by Crippen LogP contribution is 2.05. The molecule has 0 aliphatic heterocycles. The Balaban J connectivity index is 3.85. The molecule has 86 valence electrons. The average molecular weight is 214 g/mol. The summed E-state index contributed by atoms with van der Waals surface area (Å²) >= 11 is 0. The van der Waals surface area contributed by atoms with Gasteiger partial charge < -0.3 is 15.4 Å². The Morgan fingerprint density at radius 1 is 1.40 bits per heavy atom. The van der Waals surface area contributed by atoms with Gasteiger partial charge in [0.25, 0.3) is 0 Å². The fourth-order valence-electron chi connectivity index (χ4n) is 0.622. The van der Waals surface area contributed by atoms with E-state index < -0.39 is 12.0 Å². The summed E-state index contributed by atoms with van der Waals surface area (Å²) in [6.07, 6.45) is 1.62. The van der Waals surface area contributed by atoms with Crippen LogP contribution in [0.25, 0.3) is 0 Å². The van der Waals surface area contributed by atoms with Gasteiger partial charge in [-0.1, -0.05) is 19.4 Å². The highest BCUT2D eigenvalue weighted by atomic mass is 16.5. The van der Waals surface area contributed by atoms with E-state index in [-0.39, 0.29) is 6.54 Å². The van der Waals surface area contributed by atoms with E-state index in [1.54, 1.807) is 6.20 Å². The number of methoxy groups -OCH3 is 1. The second-order valence-corrected chi connectivity index (χ2v) is 3.45. The minimum Gasteiger partial charge on any atom is -0.468 e. The van der Waals surface area contributed by atoms with Gasteiger partial charge in [-0.15, -0.1) is 0 Å². The van der Waals surface area contributed by atoms with Crippen LogP contribution < -0.4 is 10.6 Å². The van der Waals surface area contributed by atoms with E-state index >= 15 is 0 Å². The van der Waals surface area contributed by atoms with Gasteiger partial charge in [0, 0.05) is 6.20 Å². The number of carbonyl (C=O) groups excluding carboxylic acids is 2. The predicted molar refractivity (Wildman–Crippen MR) is 57.1 cm³/mol. The molecular weight excluding hydrogens is 196 g/mol. The van der Waals surface area contributed by atoms with E-state index in [4.69, 9.17) is 0 Å². The van der Waals surface area contributed by atoms with Crippen molar-refractivity contribution >= 4 is 12.0 Å². The molecule has 2 N–H and O–H groups in total. The number of hydrogen-bond donors (Lipinski definition) is 2. The lowest BCUT2D eigenvalue weighted by atomic mass is 10.1. The van der Waals surface area contributed by atoms with E-state index in [9.17, 15) is 9.59 Å². The van der Waals surface area contributed by atoms with Crippen molar-refractivity contribution in [3.8, 4) is 0 Å². The van der Waals surface area contributed by atoms with Crippen molar-refractivity contribution < 1.29 is 14.3 Å². The minimum absolute atomic E-state index is 0.128. The quantitative estimate of drug-likeness (QED) is 0.686. The lowest BCUT2D eigenvalue weighted by Gasteiger charge is -2.06. The first-order valence-electron chi connectivity index (χ1n) is 4.75. The Labute approximate surface area is 89.9 Å². The normalized spacial score (nSPS) is 11.1. The van der Waals surface area contributed by atoms with E-state index in [0.717, 1.165) is 5.57 Å². The van der Waals surface area contributed by atoms with Gasteiger partial charge in [-0.2, -0.15) is 0 Å². The molecule has 15 heavy (non-hydrogen) atoms. The number of esters is 1. The molecule has 0 spiro atoms. The Kier molecular flexibility index (Phi) is 6.17. The number of allylic oxidation sites excluding steroid dienone is 1. The van der Waals surface area contributed by atoms with Crippen LogP contribution in [-0.4, -0.2) is 25.7 Å². The van der Waals surface area contributed by atoms with E-state index in [2.05, 4.69) is 15.4 Å². The molecule has 0 aromatic carbocycles. The third-order valence-electron chi connectivity index (χ3n) is 1.96. The first-order valence-corrected chi connectivity index (χ1v) is 4.75. The molecule has 0 heterocycles. The lowest BCUT2D eigenvalue weighted by molar-refractivity contribution is -0.139. The van der Waals surface area contributed by atoms with Gasteiger partial charge in [0.15, 0.2) is 0 Å². The molecule has 5 nitrogen and oxygen atoms in total. The van der Waals surface area contributed by atoms with Crippen molar-refractivity contribution in [1.82, 2.24) is 10.6 Å². The SMILES string of the molecule is COC(=O)CNC(=O)N/C=C(\C)C(C)C. The first kappa shape index (κ1) is 13.5. The number of urea groups is 1. The second kappa shape index (κ2) is 6.86. The summed E-state index contributed by atoms with van der Waals surface area (Å²) in [7, 11) is 1.27. The van der Waals surface area contributed by atoms with Crippen LogP contribution in [0.1, 0.15) is 20.8 Å². The molecule has 0 rings (SSSR count). The maximum atomic E-state index is 11.1. The molecule has 0 saturated heterocycles. The van der Waals surface area contributed by atoms with Crippen molar-refractivity contribution in [3.05, 3.63) is 11.8 Å². The van der Waals surface area contributed by atoms with Crippen molar-refractivity contribution in [3.63, 3.8) is 0 Å². The molecule has 0 aliphatic carbocycles. The van der Waals surface area contributed by atoms with Crippen LogP contribution in [0.3, 0.4) is 0 Å². The predicted octanol–water partition coefficient (Wildman–Crippen LogP) is 1.02. The van der Waals surface area contributed by atoms with Crippen LogP contribution in [0.4, 0.5) is 4.79 Å². The maximum Gasteiger partial charge on any atom is 0.325 e. The molecule has 0 saturated carbocycles. The fraction of sp³-hybridized carbons (Fsp3) is 0.600. The summed E-state index contributed by atoms with van der Waals surface area (Å²) in [5, 5.41) is 4.88. The van der Waals surface area contributed by atoms with Gasteiger partial charge in [-0.3, -0.25) is 4.79 Å². The standard InChI is InChI=1S/C10H18N2O3/c1-7(2)8(3)5-11-10(14)12-6-9(13)15-4/h5,7H,6H2,1-4H3,(H2,11,12,14)/b8-5+. The molecular formula is C10H18N2O3. The summed E-state index contributed by atoms with van der Waals surface area (Å²) in [6.45, 7) is 5.85. The Hall–Kier alpha value is -1.52. The van der Waals surface area contributed by atoms with Crippen LogP contribution in [0, 0.1) is 5.92 Å². The highest BCUT2D eigenvalue weighted by molar-refractivity contribution is 5.81. The summed E-state index contributed by atoms with van der Waals surface area (Å²) in [5.74, 6) is -0.0966. The van der Waals surface area contributed by atoms with E-state index in [0.29, 0.717) is 5.92 Å². The summed E-state index contributed by atoms with van der Waals surface area (Å²) in [5.41, 5.74) is 1.06. The number of carbonyl (C=O) groups is 2. The molecule has 0 aliphatic rings. The number of amides is 2. The highest BCUT2D eigenvalue weighted by Gasteiger charge is 2.03. The largest absolute Gasteiger partial charge is 0.468 e. The third-order valence-corrected chi connectivity index (χ3v) is 1.96. The van der Waals surface area contributed by atoms with Crippen molar-refractivity contribution in [2.45, 2.75) is 20.8 Å². The molecule has 5 heteroatoms.